The molecule has 1 atom stereocenters. The Hall–Kier alpha value is -2.11. The average molecular weight is 372 g/mol. The highest BCUT2D eigenvalue weighted by molar-refractivity contribution is 5.32. The molecule has 0 saturated carbocycles. The van der Waals surface area contributed by atoms with Crippen molar-refractivity contribution in [2.45, 2.75) is 32.2 Å². The molecule has 1 rings (SSSR count). The summed E-state index contributed by atoms with van der Waals surface area (Å²) in [5, 5.41) is 2.25. The standard InChI is InChI=1S/C22H37N5/c1-19(23-4)12-10-13-21(3)27(24-5)22-15-8-9-17-26(18-22)20(2)14-11-16-25(6)7/h10-14,22,24H,1-2,4,8-9,15-18H2,3,5-7H3/b12-10-,14-11+,21-13-. The van der Waals surface area contributed by atoms with Crippen LogP contribution in [0.15, 0.2) is 65.6 Å². The van der Waals surface area contributed by atoms with Crippen LogP contribution in [0.3, 0.4) is 0 Å². The molecule has 0 aromatic rings. The van der Waals surface area contributed by atoms with E-state index >= 15 is 0 Å². The van der Waals surface area contributed by atoms with E-state index < -0.39 is 0 Å². The molecule has 1 aliphatic rings. The number of hydrogen-bond acceptors (Lipinski definition) is 5. The summed E-state index contributed by atoms with van der Waals surface area (Å²) >= 11 is 0. The van der Waals surface area contributed by atoms with Gasteiger partial charge in [0.15, 0.2) is 0 Å². The van der Waals surface area contributed by atoms with Crippen LogP contribution in [0.1, 0.15) is 26.2 Å². The molecule has 1 saturated heterocycles. The Morgan fingerprint density at radius 2 is 2.00 bits per heavy atom. The molecule has 27 heavy (non-hydrogen) atoms. The number of allylic oxidation sites excluding steroid dienone is 5. The number of likely N-dealkylation sites (N-methyl/N-ethyl adjacent to an activating group) is 1. The second-order valence-electron chi connectivity index (χ2n) is 7.16. The molecule has 0 amide bonds. The van der Waals surface area contributed by atoms with Gasteiger partial charge in [-0.15, -0.1) is 0 Å². The van der Waals surface area contributed by atoms with Crippen molar-refractivity contribution in [2.24, 2.45) is 4.99 Å². The van der Waals surface area contributed by atoms with Crippen LogP contribution in [0.25, 0.3) is 0 Å². The van der Waals surface area contributed by atoms with Crippen LogP contribution in [0.4, 0.5) is 0 Å². The molecule has 1 fully saturated rings. The van der Waals surface area contributed by atoms with Crippen molar-refractivity contribution in [1.82, 2.24) is 20.2 Å². The number of nitrogens with zero attached hydrogens (tertiary/aromatic N) is 4. The zero-order valence-corrected chi connectivity index (χ0v) is 17.6. The van der Waals surface area contributed by atoms with Gasteiger partial charge in [0, 0.05) is 38.1 Å². The molecule has 0 radical (unpaired) electrons. The highest BCUT2D eigenvalue weighted by Crippen LogP contribution is 2.20. The summed E-state index contributed by atoms with van der Waals surface area (Å²) in [4.78, 5) is 8.35. The van der Waals surface area contributed by atoms with Crippen molar-refractivity contribution in [1.29, 1.82) is 0 Å². The van der Waals surface area contributed by atoms with Crippen LogP contribution in [0.2, 0.25) is 0 Å². The predicted molar refractivity (Wildman–Crippen MR) is 119 cm³/mol. The summed E-state index contributed by atoms with van der Waals surface area (Å²) in [7, 11) is 6.13. The third-order valence-corrected chi connectivity index (χ3v) is 4.65. The van der Waals surface area contributed by atoms with E-state index in [-0.39, 0.29) is 0 Å². The maximum Gasteiger partial charge on any atom is 0.0626 e. The Labute approximate surface area is 166 Å². The summed E-state index contributed by atoms with van der Waals surface area (Å²) in [5.74, 6) is 0. The molecule has 0 bridgehead atoms. The van der Waals surface area contributed by atoms with Gasteiger partial charge in [0.2, 0.25) is 0 Å². The molecule has 150 valence electrons. The van der Waals surface area contributed by atoms with Gasteiger partial charge in [-0.3, -0.25) is 4.99 Å². The Kier molecular flexibility index (Phi) is 10.5. The molecule has 0 spiro atoms. The lowest BCUT2D eigenvalue weighted by molar-refractivity contribution is 0.156. The monoisotopic (exact) mass is 371 g/mol. The van der Waals surface area contributed by atoms with Gasteiger partial charge in [-0.2, -0.15) is 0 Å². The van der Waals surface area contributed by atoms with Crippen molar-refractivity contribution >= 4 is 6.72 Å². The SMILES string of the molecule is C=NC(=C)/C=C\C=C(\C)N(NC)C1CCCCN(C(=C)/C=C/CN(C)C)C1. The molecular weight excluding hydrogens is 334 g/mol. The van der Waals surface area contributed by atoms with Crippen LogP contribution in [0.5, 0.6) is 0 Å². The fourth-order valence-electron chi connectivity index (χ4n) is 3.17. The van der Waals surface area contributed by atoms with Crippen LogP contribution in [-0.2, 0) is 0 Å². The molecule has 5 nitrogen and oxygen atoms in total. The molecule has 5 heteroatoms. The first-order chi connectivity index (χ1) is 12.9. The second-order valence-corrected chi connectivity index (χ2v) is 7.16. The van der Waals surface area contributed by atoms with Crippen LogP contribution >= 0.6 is 0 Å². The molecule has 1 unspecified atom stereocenters. The van der Waals surface area contributed by atoms with E-state index in [0.717, 1.165) is 37.4 Å². The topological polar surface area (TPSA) is 34.1 Å². The van der Waals surface area contributed by atoms with Crippen LogP contribution in [0, 0.1) is 0 Å². The minimum atomic E-state index is 0.391. The van der Waals surface area contributed by atoms with Gasteiger partial charge in [-0.25, -0.2) is 5.43 Å². The molecule has 1 N–H and O–H groups in total. The number of nitrogens with one attached hydrogen (secondary N) is 1. The van der Waals surface area contributed by atoms with Crippen molar-refractivity contribution < 1.29 is 0 Å². The number of hydrazine groups is 1. The fourth-order valence-corrected chi connectivity index (χ4v) is 3.17. The van der Waals surface area contributed by atoms with Gasteiger partial charge in [-0.1, -0.05) is 25.3 Å². The first kappa shape index (κ1) is 22.9. The Morgan fingerprint density at radius 3 is 2.63 bits per heavy atom. The number of likely N-dealkylation sites (tertiary alicyclic amines) is 1. The lowest BCUT2D eigenvalue weighted by atomic mass is 10.1. The van der Waals surface area contributed by atoms with Crippen molar-refractivity contribution in [3.8, 4) is 0 Å². The Bertz CT molecular complexity index is 586. The summed E-state index contributed by atoms with van der Waals surface area (Å²) < 4.78 is 0. The molecule has 0 aliphatic carbocycles. The minimum Gasteiger partial charge on any atom is -0.370 e. The summed E-state index contributed by atoms with van der Waals surface area (Å²) in [5.41, 5.74) is 6.28. The van der Waals surface area contributed by atoms with E-state index in [0.29, 0.717) is 11.7 Å². The van der Waals surface area contributed by atoms with Gasteiger partial charge in [0.1, 0.15) is 0 Å². The number of hydrogen-bond donors (Lipinski definition) is 1. The van der Waals surface area contributed by atoms with E-state index in [1.165, 1.54) is 12.8 Å². The Morgan fingerprint density at radius 1 is 1.26 bits per heavy atom. The van der Waals surface area contributed by atoms with E-state index in [1.807, 2.05) is 19.2 Å². The minimum absolute atomic E-state index is 0.391. The maximum absolute atomic E-state index is 4.29. The maximum atomic E-state index is 4.29. The summed E-state index contributed by atoms with van der Waals surface area (Å²) in [6.07, 6.45) is 13.8. The fraction of sp³-hybridized carbons (Fsp3) is 0.500. The zero-order chi connectivity index (χ0) is 20.2. The van der Waals surface area contributed by atoms with Crippen LogP contribution in [-0.4, -0.2) is 68.3 Å². The number of aliphatic imine (C=N–C) groups is 1. The third kappa shape index (κ3) is 8.41. The molecule has 0 aromatic carbocycles. The summed E-state index contributed by atoms with van der Waals surface area (Å²) in [6.45, 7) is 16.6. The van der Waals surface area contributed by atoms with E-state index in [9.17, 15) is 0 Å². The average Bonchev–Trinajstić information content (AvgIpc) is 2.88. The lowest BCUT2D eigenvalue weighted by Crippen LogP contribution is -2.47. The first-order valence-electron chi connectivity index (χ1n) is 9.61. The van der Waals surface area contributed by atoms with E-state index in [1.54, 1.807) is 0 Å². The van der Waals surface area contributed by atoms with Gasteiger partial charge >= 0.3 is 0 Å². The van der Waals surface area contributed by atoms with E-state index in [4.69, 9.17) is 0 Å². The van der Waals surface area contributed by atoms with Gasteiger partial charge in [-0.05, 0) is 65.2 Å². The van der Waals surface area contributed by atoms with Gasteiger partial charge < -0.3 is 14.8 Å². The van der Waals surface area contributed by atoms with Crippen LogP contribution < -0.4 is 5.43 Å². The van der Waals surface area contributed by atoms with E-state index in [2.05, 4.69) is 84.3 Å². The van der Waals surface area contributed by atoms with Crippen molar-refractivity contribution in [3.63, 3.8) is 0 Å². The normalized spacial score (nSPS) is 18.9. The quantitative estimate of drug-likeness (QED) is 0.362. The molecule has 1 heterocycles. The van der Waals surface area contributed by atoms with Gasteiger partial charge in [0.05, 0.1) is 11.7 Å². The van der Waals surface area contributed by atoms with Gasteiger partial charge in [0.25, 0.3) is 0 Å². The van der Waals surface area contributed by atoms with Crippen molar-refractivity contribution in [3.05, 3.63) is 60.6 Å². The third-order valence-electron chi connectivity index (χ3n) is 4.65. The zero-order valence-electron chi connectivity index (χ0n) is 17.6. The molecular formula is C22H37N5. The lowest BCUT2D eigenvalue weighted by Gasteiger charge is -2.36. The second kappa shape index (κ2) is 12.3. The van der Waals surface area contributed by atoms with Crippen molar-refractivity contribution in [2.75, 3.05) is 40.8 Å². The highest BCUT2D eigenvalue weighted by Gasteiger charge is 2.23. The smallest absolute Gasteiger partial charge is 0.0626 e. The predicted octanol–water partition coefficient (Wildman–Crippen LogP) is 3.58. The summed E-state index contributed by atoms with van der Waals surface area (Å²) in [6, 6.07) is 0.391. The number of rotatable bonds is 10. The largest absolute Gasteiger partial charge is 0.370 e. The Balaban J connectivity index is 2.82. The highest BCUT2D eigenvalue weighted by atomic mass is 15.5. The molecule has 0 aromatic heterocycles. The molecule has 1 aliphatic heterocycles. The first-order valence-corrected chi connectivity index (χ1v) is 9.61.